The first kappa shape index (κ1) is 9.10. The van der Waals surface area contributed by atoms with Crippen molar-refractivity contribution in [2.75, 3.05) is 52.1 Å². The molecule has 3 nitrogen and oxygen atoms in total. The molecule has 0 aliphatic carbocycles. The molecule has 0 saturated carbocycles. The lowest BCUT2D eigenvalue weighted by atomic mass is 10.7. The van der Waals surface area contributed by atoms with E-state index in [1.54, 1.807) is 0 Å². The van der Waals surface area contributed by atoms with E-state index in [0.717, 1.165) is 0 Å². The Labute approximate surface area is 74.2 Å². The summed E-state index contributed by atoms with van der Waals surface area (Å²) in [5.41, 5.74) is 2.70. The molecule has 0 aliphatic rings. The van der Waals surface area contributed by atoms with Gasteiger partial charge >= 0.3 is 0 Å². The predicted molar refractivity (Wildman–Crippen MR) is 54.6 cm³/mol. The van der Waals surface area contributed by atoms with Crippen molar-refractivity contribution in [3.63, 3.8) is 0 Å². The first-order chi connectivity index (χ1) is 5.46. The number of anilines is 2. The van der Waals surface area contributed by atoms with Crippen LogP contribution in [-0.2, 0) is 0 Å². The van der Waals surface area contributed by atoms with Gasteiger partial charge in [-0.1, -0.05) is 0 Å². The zero-order chi connectivity index (χ0) is 9.46. The maximum Gasteiger partial charge on any atom is 0.251 e. The first-order valence-corrected chi connectivity index (χ1v) is 4.10. The zero-order valence-corrected chi connectivity index (χ0v) is 8.84. The predicted octanol–water partition coefficient (Wildman–Crippen LogP) is -0.274. The molecule has 0 bridgehead atoms. The Morgan fingerprint density at radius 3 is 1.25 bits per heavy atom. The molecule has 0 amide bonds. The average Bonchev–Trinajstić information content (AvgIpc) is 2.58. The van der Waals surface area contributed by atoms with Crippen LogP contribution in [0.1, 0.15) is 0 Å². The Bertz CT molecular complexity index is 274. The number of rotatable bonds is 2. The van der Waals surface area contributed by atoms with Crippen LogP contribution in [0.3, 0.4) is 0 Å². The molecule has 0 saturated heterocycles. The van der Waals surface area contributed by atoms with Gasteiger partial charge in [-0.05, 0) is 0 Å². The van der Waals surface area contributed by atoms with Crippen molar-refractivity contribution in [1.82, 2.24) is 4.58 Å². The van der Waals surface area contributed by atoms with Gasteiger partial charge in [0, 0.05) is 28.2 Å². The summed E-state index contributed by atoms with van der Waals surface area (Å²) in [5.74, 6) is 0. The highest BCUT2D eigenvalue weighted by Crippen LogP contribution is 2.28. The normalized spacial score (nSPS) is 10.5. The molecule has 1 aromatic rings. The van der Waals surface area contributed by atoms with Crippen LogP contribution in [0, 0.1) is 0 Å². The molecule has 0 aromatic heterocycles. The van der Waals surface area contributed by atoms with E-state index in [0.29, 0.717) is 0 Å². The maximum absolute atomic E-state index is 2.16. The fourth-order valence-electron chi connectivity index (χ4n) is 1.43. The minimum atomic E-state index is 1.35. The molecule has 0 radical (unpaired) electrons. The fraction of sp³-hybridized carbons (Fsp3) is 0.667. The van der Waals surface area contributed by atoms with E-state index in [-0.39, 0.29) is 0 Å². The summed E-state index contributed by atoms with van der Waals surface area (Å²) in [7, 11) is 12.5. The van der Waals surface area contributed by atoms with Crippen molar-refractivity contribution in [2.24, 2.45) is 0 Å². The van der Waals surface area contributed by atoms with Gasteiger partial charge in [-0.25, -0.2) is 4.58 Å². The lowest BCUT2D eigenvalue weighted by Gasteiger charge is -2.06. The number of hydrogen-bond donors (Lipinski definition) is 0. The standard InChI is InChI=1S/C9H18N3/c1-10(2)7-8(11(3)4)9(7)12(5)6/h1-6H3/q+1. The molecule has 0 unspecified atom stereocenters. The van der Waals surface area contributed by atoms with Gasteiger partial charge < -0.3 is 9.80 Å². The van der Waals surface area contributed by atoms with E-state index in [1.807, 2.05) is 0 Å². The molecule has 68 valence electrons. The number of hydrogen-bond acceptors (Lipinski definition) is 2. The van der Waals surface area contributed by atoms with Gasteiger partial charge in [-0.15, -0.1) is 0 Å². The maximum atomic E-state index is 2.16. The van der Waals surface area contributed by atoms with Crippen LogP contribution in [0.2, 0.25) is 0 Å². The van der Waals surface area contributed by atoms with Crippen molar-refractivity contribution in [2.45, 2.75) is 0 Å². The third-order valence-corrected chi connectivity index (χ3v) is 1.95. The van der Waals surface area contributed by atoms with E-state index in [2.05, 4.69) is 56.7 Å². The Kier molecular flexibility index (Phi) is 2.13. The van der Waals surface area contributed by atoms with E-state index in [1.165, 1.54) is 16.7 Å². The van der Waals surface area contributed by atoms with Gasteiger partial charge in [-0.3, -0.25) is 0 Å². The lowest BCUT2D eigenvalue weighted by Crippen LogP contribution is -2.18. The summed E-state index contributed by atoms with van der Waals surface area (Å²) < 4.78 is 2.16. The molecule has 3 heteroatoms. The lowest BCUT2D eigenvalue weighted by molar-refractivity contribution is 0.828. The van der Waals surface area contributed by atoms with Crippen LogP contribution in [-0.4, -0.2) is 42.3 Å². The second-order valence-corrected chi connectivity index (χ2v) is 3.73. The quantitative estimate of drug-likeness (QED) is 0.562. The highest BCUT2D eigenvalue weighted by Gasteiger charge is 2.30. The van der Waals surface area contributed by atoms with Gasteiger partial charge in [0.1, 0.15) is 25.5 Å². The summed E-state index contributed by atoms with van der Waals surface area (Å²) in [6.07, 6.45) is 0. The zero-order valence-electron chi connectivity index (χ0n) is 8.84. The van der Waals surface area contributed by atoms with Crippen LogP contribution in [0.25, 0.3) is 0 Å². The van der Waals surface area contributed by atoms with Crippen LogP contribution >= 0.6 is 0 Å². The monoisotopic (exact) mass is 168 g/mol. The molecule has 0 aliphatic heterocycles. The van der Waals surface area contributed by atoms with Crippen molar-refractivity contribution in [3.8, 4) is 0 Å². The Morgan fingerprint density at radius 1 is 0.833 bits per heavy atom. The van der Waals surface area contributed by atoms with E-state index < -0.39 is 0 Å². The third-order valence-electron chi connectivity index (χ3n) is 1.95. The highest BCUT2D eigenvalue weighted by molar-refractivity contribution is 5.84. The Balaban J connectivity index is 3.08. The molecule has 0 spiro atoms. The van der Waals surface area contributed by atoms with Crippen LogP contribution in [0.4, 0.5) is 11.4 Å². The van der Waals surface area contributed by atoms with Gasteiger partial charge in [0.25, 0.3) is 5.36 Å². The van der Waals surface area contributed by atoms with E-state index in [9.17, 15) is 0 Å². The molecule has 0 N–H and O–H groups in total. The van der Waals surface area contributed by atoms with Crippen molar-refractivity contribution >= 4 is 11.4 Å². The van der Waals surface area contributed by atoms with Gasteiger partial charge in [0.05, 0.1) is 0 Å². The highest BCUT2D eigenvalue weighted by atomic mass is 15.2. The minimum Gasteiger partial charge on any atom is -0.370 e. The van der Waals surface area contributed by atoms with E-state index >= 15 is 0 Å². The molecule has 12 heavy (non-hydrogen) atoms. The molecule has 1 rings (SSSR count). The van der Waals surface area contributed by atoms with Crippen LogP contribution < -0.4 is 19.7 Å². The number of nitrogens with zero attached hydrogens (tertiary/aromatic N) is 3. The summed E-state index contributed by atoms with van der Waals surface area (Å²) in [5, 5.41) is 1.35. The van der Waals surface area contributed by atoms with Crippen molar-refractivity contribution in [1.29, 1.82) is 0 Å². The van der Waals surface area contributed by atoms with Crippen molar-refractivity contribution in [3.05, 3.63) is 5.36 Å². The molecule has 0 fully saturated rings. The van der Waals surface area contributed by atoms with Crippen LogP contribution in [0.15, 0.2) is 0 Å². The van der Waals surface area contributed by atoms with Gasteiger partial charge in [0.2, 0.25) is 0 Å². The minimum absolute atomic E-state index is 1.35. The summed E-state index contributed by atoms with van der Waals surface area (Å²) in [6.45, 7) is 0. The Morgan fingerprint density at radius 2 is 1.17 bits per heavy atom. The molecular weight excluding hydrogens is 150 g/mol. The molecule has 0 heterocycles. The molecular formula is C9H18N3+. The molecule has 0 atom stereocenters. The van der Waals surface area contributed by atoms with Gasteiger partial charge in [0.15, 0.2) is 0 Å². The first-order valence-electron chi connectivity index (χ1n) is 4.10. The van der Waals surface area contributed by atoms with E-state index in [4.69, 9.17) is 0 Å². The SMILES string of the molecule is CN(C)c1c(N(C)C)c1=[N+](C)C. The van der Waals surface area contributed by atoms with Gasteiger partial charge in [-0.2, -0.15) is 0 Å². The third kappa shape index (κ3) is 1.31. The largest absolute Gasteiger partial charge is 0.370 e. The van der Waals surface area contributed by atoms with Crippen molar-refractivity contribution < 1.29 is 0 Å². The summed E-state index contributed by atoms with van der Waals surface area (Å²) >= 11 is 0. The van der Waals surface area contributed by atoms with Crippen LogP contribution in [0.5, 0.6) is 0 Å². The smallest absolute Gasteiger partial charge is 0.251 e. The second-order valence-electron chi connectivity index (χ2n) is 3.73. The second kappa shape index (κ2) is 2.81. The molecule has 1 aromatic carbocycles. The summed E-state index contributed by atoms with van der Waals surface area (Å²) in [4.78, 5) is 4.31. The average molecular weight is 168 g/mol. The summed E-state index contributed by atoms with van der Waals surface area (Å²) in [6, 6.07) is 0. The topological polar surface area (TPSA) is 9.49 Å². The fourth-order valence-corrected chi connectivity index (χ4v) is 1.43. The Hall–Kier alpha value is -0.990.